The van der Waals surface area contributed by atoms with Crippen LogP contribution < -0.4 is 10.0 Å². The van der Waals surface area contributed by atoms with Gasteiger partial charge in [0.2, 0.25) is 15.9 Å². The number of sulfonamides is 1. The van der Waals surface area contributed by atoms with Gasteiger partial charge in [-0.25, -0.2) is 13.1 Å². The topological polar surface area (TPSA) is 99.1 Å². The summed E-state index contributed by atoms with van der Waals surface area (Å²) in [6.45, 7) is 3.13. The van der Waals surface area contributed by atoms with Gasteiger partial charge in [0.05, 0.1) is 23.2 Å². The van der Waals surface area contributed by atoms with E-state index in [0.717, 1.165) is 6.07 Å². The lowest BCUT2D eigenvalue weighted by Gasteiger charge is -2.10. The molecule has 0 aliphatic heterocycles. The molecular weight excluding hydrogens is 302 g/mol. The molecule has 0 aromatic heterocycles. The van der Waals surface area contributed by atoms with Crippen LogP contribution in [0.3, 0.4) is 0 Å². The molecule has 1 aromatic carbocycles. The maximum Gasteiger partial charge on any atom is 0.242 e. The van der Waals surface area contributed by atoms with Crippen LogP contribution in [0, 0.1) is 11.3 Å². The van der Waals surface area contributed by atoms with E-state index in [9.17, 15) is 13.2 Å². The Balaban J connectivity index is 2.90. The van der Waals surface area contributed by atoms with E-state index in [1.54, 1.807) is 13.8 Å². The van der Waals surface area contributed by atoms with Gasteiger partial charge in [0, 0.05) is 6.04 Å². The summed E-state index contributed by atoms with van der Waals surface area (Å²) >= 11 is 5.81. The standard InChI is InChI=1S/C12H14ClN3O3S/c1-8(2)16-12(17)7-15-20(18,19)11-5-9(6-14)3-4-10(11)13/h3-5,8,15H,7H2,1-2H3,(H,16,17). The second kappa shape index (κ2) is 6.70. The number of nitrogens with zero attached hydrogens (tertiary/aromatic N) is 1. The van der Waals surface area contributed by atoms with Crippen LogP contribution >= 0.6 is 11.6 Å². The largest absolute Gasteiger partial charge is 0.353 e. The van der Waals surface area contributed by atoms with Crippen molar-refractivity contribution in [1.82, 2.24) is 10.0 Å². The molecule has 0 radical (unpaired) electrons. The quantitative estimate of drug-likeness (QED) is 0.847. The molecule has 0 saturated carbocycles. The van der Waals surface area contributed by atoms with Crippen LogP contribution in [-0.4, -0.2) is 26.9 Å². The Morgan fingerprint density at radius 1 is 1.45 bits per heavy atom. The number of halogens is 1. The van der Waals surface area contributed by atoms with Crippen molar-refractivity contribution >= 4 is 27.5 Å². The lowest BCUT2D eigenvalue weighted by Crippen LogP contribution is -2.39. The summed E-state index contributed by atoms with van der Waals surface area (Å²) in [5.74, 6) is -0.448. The van der Waals surface area contributed by atoms with E-state index >= 15 is 0 Å². The zero-order chi connectivity index (χ0) is 15.3. The average Bonchev–Trinajstić information content (AvgIpc) is 2.36. The Morgan fingerprint density at radius 3 is 2.65 bits per heavy atom. The molecule has 2 N–H and O–H groups in total. The van der Waals surface area contributed by atoms with E-state index in [4.69, 9.17) is 16.9 Å². The molecule has 1 aromatic rings. The monoisotopic (exact) mass is 315 g/mol. The first kappa shape index (κ1) is 16.4. The number of carbonyl (C=O) groups is 1. The molecule has 0 saturated heterocycles. The molecule has 0 aliphatic carbocycles. The molecule has 8 heteroatoms. The summed E-state index contributed by atoms with van der Waals surface area (Å²) < 4.78 is 26.2. The van der Waals surface area contributed by atoms with E-state index in [1.807, 2.05) is 6.07 Å². The number of carbonyl (C=O) groups excluding carboxylic acids is 1. The van der Waals surface area contributed by atoms with E-state index in [1.165, 1.54) is 12.1 Å². The number of benzene rings is 1. The summed E-state index contributed by atoms with van der Waals surface area (Å²) in [6, 6.07) is 5.63. The van der Waals surface area contributed by atoms with Gasteiger partial charge in [-0.1, -0.05) is 11.6 Å². The van der Waals surface area contributed by atoms with Crippen molar-refractivity contribution in [2.75, 3.05) is 6.54 Å². The predicted octanol–water partition coefficient (Wildman–Crippen LogP) is 1.01. The number of nitrogens with one attached hydrogen (secondary N) is 2. The summed E-state index contributed by atoms with van der Waals surface area (Å²) in [5.41, 5.74) is 0.168. The zero-order valence-corrected chi connectivity index (χ0v) is 12.5. The van der Waals surface area contributed by atoms with E-state index in [2.05, 4.69) is 10.0 Å². The second-order valence-electron chi connectivity index (χ2n) is 4.30. The van der Waals surface area contributed by atoms with Crippen molar-refractivity contribution in [3.8, 4) is 6.07 Å². The van der Waals surface area contributed by atoms with Gasteiger partial charge < -0.3 is 5.32 Å². The van der Waals surface area contributed by atoms with Gasteiger partial charge in [0.1, 0.15) is 4.90 Å². The van der Waals surface area contributed by atoms with Gasteiger partial charge in [0.15, 0.2) is 0 Å². The minimum absolute atomic E-state index is 0.0132. The molecule has 0 atom stereocenters. The van der Waals surface area contributed by atoms with Crippen molar-refractivity contribution in [3.63, 3.8) is 0 Å². The number of amides is 1. The Labute approximate surface area is 122 Å². The van der Waals surface area contributed by atoms with Crippen molar-refractivity contribution in [1.29, 1.82) is 5.26 Å². The maximum atomic E-state index is 12.0. The number of rotatable bonds is 5. The van der Waals surface area contributed by atoms with Crippen LogP contribution in [0.2, 0.25) is 5.02 Å². The van der Waals surface area contributed by atoms with Crippen LogP contribution in [0.4, 0.5) is 0 Å². The van der Waals surface area contributed by atoms with Gasteiger partial charge >= 0.3 is 0 Å². The van der Waals surface area contributed by atoms with Crippen LogP contribution in [0.15, 0.2) is 23.1 Å². The first-order valence-electron chi connectivity index (χ1n) is 5.75. The molecule has 0 fully saturated rings. The molecule has 0 unspecified atom stereocenters. The summed E-state index contributed by atoms with van der Waals surface area (Å²) in [5, 5.41) is 11.3. The average molecular weight is 316 g/mol. The Kier molecular flexibility index (Phi) is 5.51. The molecule has 0 bridgehead atoms. The molecule has 6 nitrogen and oxygen atoms in total. The Hall–Kier alpha value is -1.62. The number of hydrogen-bond donors (Lipinski definition) is 2. The van der Waals surface area contributed by atoms with Gasteiger partial charge in [-0.05, 0) is 32.0 Å². The molecule has 1 amide bonds. The molecule has 20 heavy (non-hydrogen) atoms. The predicted molar refractivity (Wildman–Crippen MR) is 74.6 cm³/mol. The fraction of sp³-hybridized carbons (Fsp3) is 0.333. The first-order valence-corrected chi connectivity index (χ1v) is 7.61. The smallest absolute Gasteiger partial charge is 0.242 e. The van der Waals surface area contributed by atoms with Crippen molar-refractivity contribution in [2.45, 2.75) is 24.8 Å². The zero-order valence-electron chi connectivity index (χ0n) is 11.0. The van der Waals surface area contributed by atoms with E-state index in [0.29, 0.717) is 0 Å². The third-order valence-corrected chi connectivity index (χ3v) is 4.11. The molecular formula is C12H14ClN3O3S. The molecule has 0 aliphatic rings. The van der Waals surface area contributed by atoms with E-state index < -0.39 is 22.5 Å². The van der Waals surface area contributed by atoms with Crippen LogP contribution in [0.25, 0.3) is 0 Å². The molecule has 0 spiro atoms. The number of nitriles is 1. The highest BCUT2D eigenvalue weighted by atomic mass is 35.5. The summed E-state index contributed by atoms with van der Waals surface area (Å²) in [4.78, 5) is 11.2. The third kappa shape index (κ3) is 4.49. The maximum absolute atomic E-state index is 12.0. The highest BCUT2D eigenvalue weighted by Gasteiger charge is 2.19. The van der Waals surface area contributed by atoms with Gasteiger partial charge in [-0.3, -0.25) is 4.79 Å². The summed E-state index contributed by atoms with van der Waals surface area (Å²) in [6.07, 6.45) is 0. The SMILES string of the molecule is CC(C)NC(=O)CNS(=O)(=O)c1cc(C#N)ccc1Cl. The van der Waals surface area contributed by atoms with Gasteiger partial charge in [-0.15, -0.1) is 0 Å². The Bertz CT molecular complexity index is 650. The molecule has 108 valence electrons. The highest BCUT2D eigenvalue weighted by Crippen LogP contribution is 2.22. The summed E-state index contributed by atoms with van der Waals surface area (Å²) in [7, 11) is -3.95. The van der Waals surface area contributed by atoms with Crippen molar-refractivity contribution < 1.29 is 13.2 Å². The third-order valence-electron chi connectivity index (χ3n) is 2.22. The van der Waals surface area contributed by atoms with Crippen molar-refractivity contribution in [3.05, 3.63) is 28.8 Å². The van der Waals surface area contributed by atoms with Crippen LogP contribution in [-0.2, 0) is 14.8 Å². The lowest BCUT2D eigenvalue weighted by atomic mass is 10.2. The first-order chi connectivity index (χ1) is 9.26. The molecule has 0 heterocycles. The lowest BCUT2D eigenvalue weighted by molar-refractivity contribution is -0.120. The fourth-order valence-corrected chi connectivity index (χ4v) is 2.90. The molecule has 1 rings (SSSR count). The van der Waals surface area contributed by atoms with Crippen LogP contribution in [0.5, 0.6) is 0 Å². The van der Waals surface area contributed by atoms with Crippen molar-refractivity contribution in [2.24, 2.45) is 0 Å². The normalized spacial score (nSPS) is 11.2. The second-order valence-corrected chi connectivity index (χ2v) is 6.45. The highest BCUT2D eigenvalue weighted by molar-refractivity contribution is 7.89. The van der Waals surface area contributed by atoms with Gasteiger partial charge in [-0.2, -0.15) is 5.26 Å². The minimum Gasteiger partial charge on any atom is -0.353 e. The number of hydrogen-bond acceptors (Lipinski definition) is 4. The Morgan fingerprint density at radius 2 is 2.10 bits per heavy atom. The fourth-order valence-electron chi connectivity index (χ4n) is 1.39. The van der Waals surface area contributed by atoms with Gasteiger partial charge in [0.25, 0.3) is 0 Å². The van der Waals surface area contributed by atoms with Crippen LogP contribution in [0.1, 0.15) is 19.4 Å². The minimum atomic E-state index is -3.95. The van der Waals surface area contributed by atoms with E-state index in [-0.39, 0.29) is 21.5 Å².